The molecule has 0 radical (unpaired) electrons. The Morgan fingerprint density at radius 1 is 1.20 bits per heavy atom. The van der Waals surface area contributed by atoms with Crippen LogP contribution in [0.3, 0.4) is 0 Å². The lowest BCUT2D eigenvalue weighted by atomic mass is 10.1. The molecule has 0 amide bonds. The number of aromatic nitrogens is 2. The molecule has 1 aliphatic rings. The summed E-state index contributed by atoms with van der Waals surface area (Å²) in [5, 5.41) is 1.50. The zero-order valence-electron chi connectivity index (χ0n) is 16.5. The summed E-state index contributed by atoms with van der Waals surface area (Å²) in [6.07, 6.45) is 2.49. The van der Waals surface area contributed by atoms with Crippen molar-refractivity contribution in [1.29, 1.82) is 0 Å². The standard InChI is InChI=1S/C23H22ClN5O/c24-21-6-2-1-4-18(21)5-3-9-28-10-11-29(19(14-28)15-30)13-17-7-8-20-22(12-17)26-16-27-23(20)25/h1-2,4,6-8,12,15-16,19H,9-11,13-14H2,(H2,25,26,27). The number of aldehydes is 1. The second-order valence-electron chi connectivity index (χ2n) is 7.30. The predicted molar refractivity (Wildman–Crippen MR) is 119 cm³/mol. The summed E-state index contributed by atoms with van der Waals surface area (Å²) in [5.41, 5.74) is 8.64. The molecule has 2 N–H and O–H groups in total. The molecule has 30 heavy (non-hydrogen) atoms. The minimum atomic E-state index is -0.174. The highest BCUT2D eigenvalue weighted by Gasteiger charge is 2.26. The van der Waals surface area contributed by atoms with E-state index in [0.717, 1.165) is 41.4 Å². The molecule has 1 saturated heterocycles. The van der Waals surface area contributed by atoms with E-state index < -0.39 is 0 Å². The Kier molecular flexibility index (Phi) is 6.24. The smallest absolute Gasteiger partial charge is 0.138 e. The van der Waals surface area contributed by atoms with Crippen LogP contribution in [0.25, 0.3) is 10.9 Å². The Morgan fingerprint density at radius 3 is 2.90 bits per heavy atom. The second-order valence-corrected chi connectivity index (χ2v) is 7.71. The molecule has 7 heteroatoms. The second kappa shape index (κ2) is 9.23. The highest BCUT2D eigenvalue weighted by Crippen LogP contribution is 2.20. The van der Waals surface area contributed by atoms with Crippen molar-refractivity contribution in [2.45, 2.75) is 12.6 Å². The molecular weight excluding hydrogens is 398 g/mol. The molecule has 3 aromatic rings. The van der Waals surface area contributed by atoms with Crippen molar-refractivity contribution in [3.05, 3.63) is 64.9 Å². The third kappa shape index (κ3) is 4.60. The maximum atomic E-state index is 11.7. The van der Waals surface area contributed by atoms with Crippen molar-refractivity contribution in [3.8, 4) is 11.8 Å². The first-order chi connectivity index (χ1) is 14.6. The number of carbonyl (C=O) groups excluding carboxylic acids is 1. The highest BCUT2D eigenvalue weighted by molar-refractivity contribution is 6.31. The summed E-state index contributed by atoms with van der Waals surface area (Å²) in [4.78, 5) is 24.5. The van der Waals surface area contributed by atoms with Gasteiger partial charge in [-0.05, 0) is 29.8 Å². The first-order valence-corrected chi connectivity index (χ1v) is 10.2. The quantitative estimate of drug-likeness (QED) is 0.517. The fraction of sp³-hybridized carbons (Fsp3) is 0.261. The van der Waals surface area contributed by atoms with Gasteiger partial charge in [-0.15, -0.1) is 0 Å². The molecule has 0 saturated carbocycles. The van der Waals surface area contributed by atoms with Crippen LogP contribution in [0.5, 0.6) is 0 Å². The van der Waals surface area contributed by atoms with Crippen LogP contribution in [0.4, 0.5) is 5.82 Å². The highest BCUT2D eigenvalue weighted by atomic mass is 35.5. The van der Waals surface area contributed by atoms with E-state index in [2.05, 4.69) is 31.6 Å². The predicted octanol–water partition coefficient (Wildman–Crippen LogP) is 2.60. The van der Waals surface area contributed by atoms with E-state index in [-0.39, 0.29) is 6.04 Å². The SMILES string of the molecule is Nc1ncnc2cc(CN3CCN(CC#Cc4ccccc4Cl)CC3C=O)ccc12. The van der Waals surface area contributed by atoms with Gasteiger partial charge in [0.15, 0.2) is 0 Å². The number of carbonyl (C=O) groups is 1. The number of hydrogen-bond acceptors (Lipinski definition) is 6. The first kappa shape index (κ1) is 20.3. The van der Waals surface area contributed by atoms with Crippen molar-refractivity contribution >= 4 is 34.6 Å². The average Bonchev–Trinajstić information content (AvgIpc) is 2.76. The first-order valence-electron chi connectivity index (χ1n) is 9.78. The molecule has 4 rings (SSSR count). The molecule has 152 valence electrons. The normalized spacial score (nSPS) is 17.4. The third-order valence-electron chi connectivity index (χ3n) is 5.29. The molecular formula is C23H22ClN5O. The van der Waals surface area contributed by atoms with Gasteiger partial charge >= 0.3 is 0 Å². The van der Waals surface area contributed by atoms with Gasteiger partial charge in [-0.3, -0.25) is 9.80 Å². The van der Waals surface area contributed by atoms with Gasteiger partial charge in [0.05, 0.1) is 23.1 Å². The van der Waals surface area contributed by atoms with Crippen molar-refractivity contribution in [3.63, 3.8) is 0 Å². The van der Waals surface area contributed by atoms with Crippen LogP contribution in [-0.2, 0) is 11.3 Å². The summed E-state index contributed by atoms with van der Waals surface area (Å²) in [5.74, 6) is 6.77. The largest absolute Gasteiger partial charge is 0.383 e. The number of halogens is 1. The van der Waals surface area contributed by atoms with Crippen LogP contribution >= 0.6 is 11.6 Å². The van der Waals surface area contributed by atoms with E-state index in [4.69, 9.17) is 17.3 Å². The fourth-order valence-corrected chi connectivity index (χ4v) is 3.82. The minimum Gasteiger partial charge on any atom is -0.383 e. The Morgan fingerprint density at radius 2 is 2.07 bits per heavy atom. The maximum Gasteiger partial charge on any atom is 0.138 e. The zero-order chi connectivity index (χ0) is 20.9. The van der Waals surface area contributed by atoms with E-state index in [1.807, 2.05) is 42.5 Å². The van der Waals surface area contributed by atoms with E-state index in [0.29, 0.717) is 30.5 Å². The van der Waals surface area contributed by atoms with E-state index in [9.17, 15) is 4.79 Å². The molecule has 1 unspecified atom stereocenters. The molecule has 6 nitrogen and oxygen atoms in total. The maximum absolute atomic E-state index is 11.7. The van der Waals surface area contributed by atoms with Crippen LogP contribution in [0.1, 0.15) is 11.1 Å². The molecule has 2 aromatic carbocycles. The Bertz CT molecular complexity index is 1120. The summed E-state index contributed by atoms with van der Waals surface area (Å²) in [7, 11) is 0. The van der Waals surface area contributed by atoms with Gasteiger partial charge in [0.2, 0.25) is 0 Å². The summed E-state index contributed by atoms with van der Waals surface area (Å²) in [6.45, 7) is 3.59. The lowest BCUT2D eigenvalue weighted by molar-refractivity contribution is -0.114. The number of hydrogen-bond donors (Lipinski definition) is 1. The number of anilines is 1. The van der Waals surface area contributed by atoms with E-state index in [1.54, 1.807) is 0 Å². The Hall–Kier alpha value is -2.98. The van der Waals surface area contributed by atoms with Crippen LogP contribution < -0.4 is 5.73 Å². The van der Waals surface area contributed by atoms with Crippen LogP contribution in [-0.4, -0.2) is 58.3 Å². The van der Waals surface area contributed by atoms with Crippen molar-refractivity contribution in [2.24, 2.45) is 0 Å². The minimum absolute atomic E-state index is 0.174. The van der Waals surface area contributed by atoms with Crippen molar-refractivity contribution in [2.75, 3.05) is 31.9 Å². The Labute approximate surface area is 180 Å². The molecule has 0 spiro atoms. The van der Waals surface area contributed by atoms with Gasteiger partial charge in [-0.1, -0.05) is 41.6 Å². The van der Waals surface area contributed by atoms with Gasteiger partial charge in [0.25, 0.3) is 0 Å². The van der Waals surface area contributed by atoms with Gasteiger partial charge in [-0.2, -0.15) is 0 Å². The lowest BCUT2D eigenvalue weighted by Gasteiger charge is -2.38. The third-order valence-corrected chi connectivity index (χ3v) is 5.62. The van der Waals surface area contributed by atoms with Crippen molar-refractivity contribution < 1.29 is 4.79 Å². The number of benzene rings is 2. The number of fused-ring (bicyclic) bond motifs is 1. The lowest BCUT2D eigenvalue weighted by Crippen LogP contribution is -2.53. The molecule has 1 aliphatic heterocycles. The molecule has 0 bridgehead atoms. The van der Waals surface area contributed by atoms with Gasteiger partial charge in [0, 0.05) is 37.1 Å². The van der Waals surface area contributed by atoms with Gasteiger partial charge < -0.3 is 10.5 Å². The van der Waals surface area contributed by atoms with Crippen LogP contribution in [0.15, 0.2) is 48.8 Å². The number of nitrogens with zero attached hydrogens (tertiary/aromatic N) is 4. The molecule has 1 atom stereocenters. The topological polar surface area (TPSA) is 75.3 Å². The molecule has 1 fully saturated rings. The average molecular weight is 420 g/mol. The Balaban J connectivity index is 1.39. The van der Waals surface area contributed by atoms with Gasteiger partial charge in [0.1, 0.15) is 18.4 Å². The van der Waals surface area contributed by atoms with Crippen LogP contribution in [0, 0.1) is 11.8 Å². The molecule has 0 aliphatic carbocycles. The number of rotatable bonds is 4. The molecule has 1 aromatic heterocycles. The van der Waals surface area contributed by atoms with E-state index in [1.165, 1.54) is 6.33 Å². The monoisotopic (exact) mass is 419 g/mol. The summed E-state index contributed by atoms with van der Waals surface area (Å²) in [6, 6.07) is 13.3. The number of nitrogens with two attached hydrogens (primary N) is 1. The molecule has 2 heterocycles. The van der Waals surface area contributed by atoms with Crippen LogP contribution in [0.2, 0.25) is 5.02 Å². The van der Waals surface area contributed by atoms with E-state index >= 15 is 0 Å². The summed E-state index contributed by atoms with van der Waals surface area (Å²) < 4.78 is 0. The van der Waals surface area contributed by atoms with Gasteiger partial charge in [-0.25, -0.2) is 9.97 Å². The zero-order valence-corrected chi connectivity index (χ0v) is 17.2. The number of nitrogen functional groups attached to an aromatic ring is 1. The summed E-state index contributed by atoms with van der Waals surface area (Å²) >= 11 is 6.15. The van der Waals surface area contributed by atoms with Crippen molar-refractivity contribution in [1.82, 2.24) is 19.8 Å². The fourth-order valence-electron chi connectivity index (χ4n) is 3.64. The number of piperazine rings is 1.